The van der Waals surface area contributed by atoms with Crippen molar-refractivity contribution in [3.8, 4) is 67.5 Å². The Morgan fingerprint density at radius 2 is 1.22 bits per heavy atom. The Hall–Kier alpha value is -6.40. The fraction of sp³-hybridized carbons (Fsp3) is 0.0667. The molecule has 6 heteroatoms. The highest BCUT2D eigenvalue weighted by molar-refractivity contribution is 6.84. The summed E-state index contributed by atoms with van der Waals surface area (Å²) < 4.78 is 0. The van der Waals surface area contributed by atoms with E-state index in [2.05, 4.69) is 127 Å². The Morgan fingerprint density at radius 3 is 2.04 bits per heavy atom. The number of hydrogen-bond acceptors (Lipinski definition) is 5. The Balaban J connectivity index is 1.14. The summed E-state index contributed by atoms with van der Waals surface area (Å²) in [5.74, 6) is 4.22. The minimum absolute atomic E-state index is 0.0790. The lowest BCUT2D eigenvalue weighted by atomic mass is 9.49. The summed E-state index contributed by atoms with van der Waals surface area (Å²) in [5, 5.41) is 0. The molecule has 3 aliphatic rings. The average molecular weight is 654 g/mol. The van der Waals surface area contributed by atoms with Gasteiger partial charge >= 0.3 is 6.85 Å². The van der Waals surface area contributed by atoms with Crippen molar-refractivity contribution in [1.29, 1.82) is 0 Å². The molecule has 0 bridgehead atoms. The van der Waals surface area contributed by atoms with E-state index in [1.807, 2.05) is 54.9 Å². The van der Waals surface area contributed by atoms with E-state index in [4.69, 9.17) is 15.0 Å². The third-order valence-corrected chi connectivity index (χ3v) is 10.6. The second kappa shape index (κ2) is 11.3. The van der Waals surface area contributed by atoms with Gasteiger partial charge in [-0.25, -0.2) is 15.0 Å². The molecule has 4 heterocycles. The number of rotatable bonds is 4. The van der Waals surface area contributed by atoms with Crippen molar-refractivity contribution in [3.05, 3.63) is 169 Å². The smallest absolute Gasteiger partial charge is 0.320 e. The predicted octanol–water partition coefficient (Wildman–Crippen LogP) is 9.55. The van der Waals surface area contributed by atoms with Gasteiger partial charge < -0.3 is 4.81 Å². The van der Waals surface area contributed by atoms with E-state index in [1.165, 1.54) is 38.8 Å². The first-order valence-corrected chi connectivity index (χ1v) is 17.4. The molecule has 5 nitrogen and oxygen atoms in total. The van der Waals surface area contributed by atoms with Crippen LogP contribution in [-0.2, 0) is 5.41 Å². The summed E-state index contributed by atoms with van der Waals surface area (Å²) in [7, 11) is 0. The van der Waals surface area contributed by atoms with Crippen LogP contribution in [0, 0.1) is 0 Å². The first kappa shape index (κ1) is 29.5. The van der Waals surface area contributed by atoms with Crippen LogP contribution in [0.2, 0.25) is 0 Å². The highest BCUT2D eigenvalue weighted by Crippen LogP contribution is 2.51. The van der Waals surface area contributed by atoms with Gasteiger partial charge in [0.1, 0.15) is 0 Å². The van der Waals surface area contributed by atoms with Gasteiger partial charge in [-0.1, -0.05) is 123 Å². The van der Waals surface area contributed by atoms with Crippen LogP contribution in [0.1, 0.15) is 25.0 Å². The highest BCUT2D eigenvalue weighted by Gasteiger charge is 2.40. The van der Waals surface area contributed by atoms with Crippen molar-refractivity contribution in [3.63, 3.8) is 0 Å². The maximum atomic E-state index is 5.14. The van der Waals surface area contributed by atoms with Gasteiger partial charge in [0.05, 0.1) is 0 Å². The molecule has 1 aliphatic carbocycles. The SMILES string of the molecule is CC1(C)c2ccccc2-c2cc3c(cc21)-c1ccc(-c2nc(-c4ccccc4)nc(-c4cccc(-c5ccncc5)c4)n2)cc1N1C=CC=CB31. The molecule has 10 rings (SSSR count). The van der Waals surface area contributed by atoms with E-state index in [-0.39, 0.29) is 12.3 Å². The van der Waals surface area contributed by atoms with Crippen molar-refractivity contribution in [2.24, 2.45) is 0 Å². The number of allylic oxidation sites excluding steroid dienone is 2. The van der Waals surface area contributed by atoms with E-state index in [9.17, 15) is 0 Å². The zero-order chi connectivity index (χ0) is 34.1. The molecule has 2 aromatic heterocycles. The summed E-state index contributed by atoms with van der Waals surface area (Å²) in [4.78, 5) is 21.8. The van der Waals surface area contributed by atoms with Crippen LogP contribution >= 0.6 is 0 Å². The Morgan fingerprint density at radius 1 is 0.510 bits per heavy atom. The molecule has 2 aliphatic heterocycles. The van der Waals surface area contributed by atoms with Crippen LogP contribution in [-0.4, -0.2) is 26.8 Å². The predicted molar refractivity (Wildman–Crippen MR) is 209 cm³/mol. The molecule has 240 valence electrons. The quantitative estimate of drug-likeness (QED) is 0.177. The molecule has 5 aromatic carbocycles. The van der Waals surface area contributed by atoms with E-state index in [1.54, 1.807) is 0 Å². The zero-order valence-corrected chi connectivity index (χ0v) is 28.3. The van der Waals surface area contributed by atoms with Gasteiger partial charge in [-0.3, -0.25) is 4.98 Å². The lowest BCUT2D eigenvalue weighted by Crippen LogP contribution is -2.49. The van der Waals surface area contributed by atoms with Gasteiger partial charge in [0, 0.05) is 45.7 Å². The normalized spacial score (nSPS) is 14.4. The van der Waals surface area contributed by atoms with Crippen LogP contribution < -0.4 is 10.3 Å². The first-order valence-electron chi connectivity index (χ1n) is 17.4. The van der Waals surface area contributed by atoms with Crippen LogP contribution in [0.25, 0.3) is 67.5 Å². The molecular weight excluding hydrogens is 621 g/mol. The summed E-state index contributed by atoms with van der Waals surface area (Å²) in [6.07, 6.45) is 10.1. The number of benzene rings is 5. The van der Waals surface area contributed by atoms with Crippen molar-refractivity contribution >= 4 is 18.0 Å². The summed E-state index contributed by atoms with van der Waals surface area (Å²) in [6.45, 7) is 4.78. The van der Waals surface area contributed by atoms with Gasteiger partial charge in [-0.15, -0.1) is 0 Å². The van der Waals surface area contributed by atoms with E-state index in [0.29, 0.717) is 17.5 Å². The highest BCUT2D eigenvalue weighted by atomic mass is 15.1. The number of aromatic nitrogens is 4. The largest absolute Gasteiger partial charge is 0.383 e. The number of pyridine rings is 1. The molecule has 0 saturated carbocycles. The number of fused-ring (bicyclic) bond motifs is 9. The fourth-order valence-electron chi connectivity index (χ4n) is 8.07. The molecule has 0 N–H and O–H groups in total. The van der Waals surface area contributed by atoms with Crippen LogP contribution in [0.3, 0.4) is 0 Å². The minimum Gasteiger partial charge on any atom is -0.383 e. The molecule has 0 unspecified atom stereocenters. The van der Waals surface area contributed by atoms with E-state index >= 15 is 0 Å². The Labute approximate surface area is 297 Å². The van der Waals surface area contributed by atoms with Gasteiger partial charge in [0.15, 0.2) is 17.5 Å². The lowest BCUT2D eigenvalue weighted by Gasteiger charge is -2.37. The first-order chi connectivity index (χ1) is 25.0. The maximum Gasteiger partial charge on any atom is 0.320 e. The van der Waals surface area contributed by atoms with Crippen LogP contribution in [0.5, 0.6) is 0 Å². The third kappa shape index (κ3) is 4.71. The van der Waals surface area contributed by atoms with Gasteiger partial charge in [-0.2, -0.15) is 0 Å². The van der Waals surface area contributed by atoms with Crippen LogP contribution in [0.15, 0.2) is 158 Å². The third-order valence-electron chi connectivity index (χ3n) is 10.6. The van der Waals surface area contributed by atoms with Gasteiger partial charge in [0.25, 0.3) is 0 Å². The molecule has 51 heavy (non-hydrogen) atoms. The standard InChI is InChI=1S/C45H32BN5/c1-45(2)38-16-7-6-15-34(38)36-28-40-37(27-39(36)45)35-18-17-33(26-41(35)51-24-9-8-21-46(40)51)44-49-42(30-11-4-3-5-12-30)48-43(50-44)32-14-10-13-31(25-32)29-19-22-47-23-20-29/h3-28H,1-2H3. The molecule has 0 spiro atoms. The fourth-order valence-corrected chi connectivity index (χ4v) is 8.07. The number of anilines is 1. The van der Waals surface area contributed by atoms with Crippen molar-refractivity contribution < 1.29 is 0 Å². The van der Waals surface area contributed by atoms with Crippen LogP contribution in [0.4, 0.5) is 5.69 Å². The Kier molecular flexibility index (Phi) is 6.55. The monoisotopic (exact) mass is 653 g/mol. The summed E-state index contributed by atoms with van der Waals surface area (Å²) in [6, 6.07) is 43.0. The summed E-state index contributed by atoms with van der Waals surface area (Å²) in [5.41, 5.74) is 15.3. The zero-order valence-electron chi connectivity index (χ0n) is 28.3. The lowest BCUT2D eigenvalue weighted by molar-refractivity contribution is 0.660. The van der Waals surface area contributed by atoms with Gasteiger partial charge in [0.2, 0.25) is 0 Å². The van der Waals surface area contributed by atoms with Crippen molar-refractivity contribution in [1.82, 2.24) is 19.9 Å². The second-order valence-corrected chi connectivity index (χ2v) is 14.0. The summed E-state index contributed by atoms with van der Waals surface area (Å²) >= 11 is 0. The van der Waals surface area contributed by atoms with E-state index in [0.717, 1.165) is 33.5 Å². The van der Waals surface area contributed by atoms with Gasteiger partial charge in [-0.05, 0) is 80.9 Å². The Bertz CT molecular complexity index is 2580. The minimum atomic E-state index is -0.0790. The molecule has 0 atom stereocenters. The number of hydrogen-bond donors (Lipinski definition) is 0. The molecular formula is C45H32BN5. The molecule has 0 radical (unpaired) electrons. The average Bonchev–Trinajstić information content (AvgIpc) is 3.43. The molecule has 0 amide bonds. The van der Waals surface area contributed by atoms with Crippen molar-refractivity contribution in [2.45, 2.75) is 19.3 Å². The van der Waals surface area contributed by atoms with E-state index < -0.39 is 0 Å². The second-order valence-electron chi connectivity index (χ2n) is 14.0. The maximum absolute atomic E-state index is 5.14. The molecule has 0 fully saturated rings. The van der Waals surface area contributed by atoms with Crippen molar-refractivity contribution in [2.75, 3.05) is 4.81 Å². The number of nitrogens with zero attached hydrogens (tertiary/aromatic N) is 5. The molecule has 0 saturated heterocycles. The topological polar surface area (TPSA) is 54.8 Å². The molecule has 7 aromatic rings.